The van der Waals surface area contributed by atoms with E-state index < -0.39 is 5.60 Å². The fourth-order valence-electron chi connectivity index (χ4n) is 2.52. The number of aliphatic hydroxyl groups is 1. The number of carbonyl (C=O) groups is 1. The Bertz CT molecular complexity index is 501. The zero-order valence-electron chi connectivity index (χ0n) is 13.2. The lowest BCUT2D eigenvalue weighted by molar-refractivity contribution is -0.135. The van der Waals surface area contributed by atoms with Gasteiger partial charge >= 0.3 is 0 Å². The molecule has 1 aliphatic heterocycles. The van der Waals surface area contributed by atoms with Gasteiger partial charge in [0, 0.05) is 13.1 Å². The molecule has 1 fully saturated rings. The van der Waals surface area contributed by atoms with Crippen LogP contribution in [0, 0.1) is 13.8 Å². The Kier molecular flexibility index (Phi) is 4.88. The summed E-state index contributed by atoms with van der Waals surface area (Å²) in [7, 11) is 0. The van der Waals surface area contributed by atoms with Gasteiger partial charge in [0.2, 0.25) is 5.91 Å². The first-order chi connectivity index (χ1) is 9.89. The number of hydrogen-bond acceptors (Lipinski definition) is 3. The molecule has 0 saturated carbocycles. The van der Waals surface area contributed by atoms with E-state index in [4.69, 9.17) is 4.74 Å². The van der Waals surface area contributed by atoms with Crippen molar-refractivity contribution in [1.29, 1.82) is 0 Å². The Hall–Kier alpha value is -1.55. The smallest absolute Gasteiger partial charge is 0.226 e. The van der Waals surface area contributed by atoms with E-state index in [0.29, 0.717) is 39.0 Å². The van der Waals surface area contributed by atoms with Crippen LogP contribution < -0.4 is 4.74 Å². The maximum Gasteiger partial charge on any atom is 0.226 e. The SMILES string of the molecule is Cc1cccc(OCCC(=O)N2CCC(C)(O)CC2)c1C. The third-order valence-electron chi connectivity index (χ3n) is 4.32. The van der Waals surface area contributed by atoms with Crippen molar-refractivity contribution < 1.29 is 14.6 Å². The number of nitrogens with zero attached hydrogens (tertiary/aromatic N) is 1. The molecule has 21 heavy (non-hydrogen) atoms. The van der Waals surface area contributed by atoms with Crippen molar-refractivity contribution in [3.05, 3.63) is 29.3 Å². The van der Waals surface area contributed by atoms with Crippen molar-refractivity contribution in [2.24, 2.45) is 0 Å². The van der Waals surface area contributed by atoms with E-state index in [0.717, 1.165) is 11.3 Å². The molecule has 1 saturated heterocycles. The summed E-state index contributed by atoms with van der Waals surface area (Å²) >= 11 is 0. The summed E-state index contributed by atoms with van der Waals surface area (Å²) < 4.78 is 5.72. The van der Waals surface area contributed by atoms with Gasteiger partial charge in [-0.3, -0.25) is 4.79 Å². The van der Waals surface area contributed by atoms with E-state index in [9.17, 15) is 9.90 Å². The van der Waals surface area contributed by atoms with Crippen molar-refractivity contribution in [1.82, 2.24) is 4.90 Å². The highest BCUT2D eigenvalue weighted by Crippen LogP contribution is 2.22. The Morgan fingerprint density at radius 2 is 2.00 bits per heavy atom. The molecule has 4 nitrogen and oxygen atoms in total. The van der Waals surface area contributed by atoms with E-state index in [1.165, 1.54) is 5.56 Å². The Balaban J connectivity index is 1.78. The molecule has 1 aliphatic rings. The summed E-state index contributed by atoms with van der Waals surface area (Å²) in [6.45, 7) is 7.57. The molecule has 1 aromatic rings. The van der Waals surface area contributed by atoms with Gasteiger partial charge in [-0.25, -0.2) is 0 Å². The van der Waals surface area contributed by atoms with Gasteiger partial charge in [0.1, 0.15) is 5.75 Å². The summed E-state index contributed by atoms with van der Waals surface area (Å²) in [5.41, 5.74) is 1.70. The summed E-state index contributed by atoms with van der Waals surface area (Å²) in [6.07, 6.45) is 1.68. The van der Waals surface area contributed by atoms with Crippen LogP contribution in [-0.2, 0) is 4.79 Å². The van der Waals surface area contributed by atoms with Crippen LogP contribution in [0.3, 0.4) is 0 Å². The molecule has 0 radical (unpaired) electrons. The summed E-state index contributed by atoms with van der Waals surface area (Å²) in [4.78, 5) is 13.9. The van der Waals surface area contributed by atoms with Gasteiger partial charge < -0.3 is 14.7 Å². The molecule has 2 rings (SSSR count). The molecule has 1 N–H and O–H groups in total. The fourth-order valence-corrected chi connectivity index (χ4v) is 2.52. The van der Waals surface area contributed by atoms with Crippen LogP contribution in [0.25, 0.3) is 0 Å². The highest BCUT2D eigenvalue weighted by Gasteiger charge is 2.29. The second kappa shape index (κ2) is 6.48. The molecule has 1 aromatic carbocycles. The van der Waals surface area contributed by atoms with Gasteiger partial charge in [-0.05, 0) is 50.8 Å². The number of ether oxygens (including phenoxy) is 1. The van der Waals surface area contributed by atoms with Crippen molar-refractivity contribution in [3.8, 4) is 5.75 Å². The molecule has 0 atom stereocenters. The van der Waals surface area contributed by atoms with Crippen LogP contribution >= 0.6 is 0 Å². The lowest BCUT2D eigenvalue weighted by Gasteiger charge is -2.35. The molecule has 0 aromatic heterocycles. The molecule has 0 spiro atoms. The Morgan fingerprint density at radius 3 is 2.67 bits per heavy atom. The summed E-state index contributed by atoms with van der Waals surface area (Å²) in [5, 5.41) is 9.89. The van der Waals surface area contributed by atoms with Gasteiger partial charge in [-0.2, -0.15) is 0 Å². The predicted octanol–water partition coefficient (Wildman–Crippen LogP) is 2.45. The fraction of sp³-hybridized carbons (Fsp3) is 0.588. The molecular formula is C17H25NO3. The number of amides is 1. The molecule has 0 aliphatic carbocycles. The second-order valence-electron chi connectivity index (χ2n) is 6.17. The van der Waals surface area contributed by atoms with Crippen LogP contribution in [0.15, 0.2) is 18.2 Å². The van der Waals surface area contributed by atoms with E-state index in [1.807, 2.05) is 43.9 Å². The largest absolute Gasteiger partial charge is 0.493 e. The first-order valence-electron chi connectivity index (χ1n) is 7.58. The number of piperidine rings is 1. The second-order valence-corrected chi connectivity index (χ2v) is 6.17. The van der Waals surface area contributed by atoms with E-state index >= 15 is 0 Å². The number of benzene rings is 1. The third-order valence-corrected chi connectivity index (χ3v) is 4.32. The minimum Gasteiger partial charge on any atom is -0.493 e. The van der Waals surface area contributed by atoms with E-state index in [-0.39, 0.29) is 5.91 Å². The van der Waals surface area contributed by atoms with Crippen LogP contribution in [0.4, 0.5) is 0 Å². The number of rotatable bonds is 4. The average molecular weight is 291 g/mol. The van der Waals surface area contributed by atoms with Crippen molar-refractivity contribution >= 4 is 5.91 Å². The zero-order valence-corrected chi connectivity index (χ0v) is 13.2. The average Bonchev–Trinajstić information content (AvgIpc) is 2.43. The minimum absolute atomic E-state index is 0.107. The lowest BCUT2D eigenvalue weighted by Crippen LogP contribution is -2.45. The normalized spacial score (nSPS) is 17.6. The van der Waals surface area contributed by atoms with Crippen LogP contribution in [-0.4, -0.2) is 41.2 Å². The van der Waals surface area contributed by atoms with Gasteiger partial charge in [0.15, 0.2) is 0 Å². The standard InChI is InChI=1S/C17H25NO3/c1-13-5-4-6-15(14(13)2)21-12-7-16(19)18-10-8-17(3,20)9-11-18/h4-6,20H,7-12H2,1-3H3. The molecule has 4 heteroatoms. The first kappa shape index (κ1) is 15.8. The van der Waals surface area contributed by atoms with E-state index in [1.54, 1.807) is 0 Å². The number of aryl methyl sites for hydroxylation is 1. The van der Waals surface area contributed by atoms with E-state index in [2.05, 4.69) is 0 Å². The quantitative estimate of drug-likeness (QED) is 0.927. The highest BCUT2D eigenvalue weighted by molar-refractivity contribution is 5.76. The first-order valence-corrected chi connectivity index (χ1v) is 7.58. The molecule has 0 unspecified atom stereocenters. The number of hydrogen-bond donors (Lipinski definition) is 1. The van der Waals surface area contributed by atoms with Crippen molar-refractivity contribution in [2.75, 3.05) is 19.7 Å². The predicted molar refractivity (Wildman–Crippen MR) is 82.5 cm³/mol. The van der Waals surface area contributed by atoms with Gasteiger partial charge in [-0.1, -0.05) is 12.1 Å². The van der Waals surface area contributed by atoms with Crippen LogP contribution in [0.5, 0.6) is 5.75 Å². The number of carbonyl (C=O) groups excluding carboxylic acids is 1. The molecule has 0 bridgehead atoms. The molecule has 116 valence electrons. The number of likely N-dealkylation sites (tertiary alicyclic amines) is 1. The minimum atomic E-state index is -0.619. The summed E-state index contributed by atoms with van der Waals surface area (Å²) in [6, 6.07) is 5.95. The maximum atomic E-state index is 12.1. The molecule has 1 amide bonds. The van der Waals surface area contributed by atoms with Crippen molar-refractivity contribution in [3.63, 3.8) is 0 Å². The zero-order chi connectivity index (χ0) is 15.5. The molecule has 1 heterocycles. The van der Waals surface area contributed by atoms with Gasteiger partial charge in [-0.15, -0.1) is 0 Å². The topological polar surface area (TPSA) is 49.8 Å². The highest BCUT2D eigenvalue weighted by atomic mass is 16.5. The maximum absolute atomic E-state index is 12.1. The third kappa shape index (κ3) is 4.21. The van der Waals surface area contributed by atoms with Crippen LogP contribution in [0.2, 0.25) is 0 Å². The van der Waals surface area contributed by atoms with Crippen LogP contribution in [0.1, 0.15) is 37.3 Å². The van der Waals surface area contributed by atoms with Gasteiger partial charge in [0.25, 0.3) is 0 Å². The summed E-state index contributed by atoms with van der Waals surface area (Å²) in [5.74, 6) is 0.959. The van der Waals surface area contributed by atoms with Gasteiger partial charge in [0.05, 0.1) is 18.6 Å². The monoisotopic (exact) mass is 291 g/mol. The Morgan fingerprint density at radius 1 is 1.33 bits per heavy atom. The Labute approximate surface area is 126 Å². The van der Waals surface area contributed by atoms with Crippen molar-refractivity contribution in [2.45, 2.75) is 45.6 Å². The lowest BCUT2D eigenvalue weighted by atomic mass is 9.94. The molecular weight excluding hydrogens is 266 g/mol.